The number of nitrogens with one attached hydrogen (secondary N) is 1. The van der Waals surface area contributed by atoms with Crippen LogP contribution in [0.4, 0.5) is 0 Å². The SMILES string of the molecule is Cc1cc(C)nc(Sc2c(CNC3CC3)c(C)nn2C)c1. The quantitative estimate of drug-likeness (QED) is 0.921. The zero-order valence-corrected chi connectivity index (χ0v) is 13.9. The van der Waals surface area contributed by atoms with Crippen LogP contribution in [0.25, 0.3) is 0 Å². The van der Waals surface area contributed by atoms with E-state index >= 15 is 0 Å². The molecule has 5 heteroatoms. The topological polar surface area (TPSA) is 42.7 Å². The van der Waals surface area contributed by atoms with Crippen LogP contribution in [0.3, 0.4) is 0 Å². The van der Waals surface area contributed by atoms with Gasteiger partial charge in [0.2, 0.25) is 0 Å². The summed E-state index contributed by atoms with van der Waals surface area (Å²) < 4.78 is 1.98. The maximum Gasteiger partial charge on any atom is 0.105 e. The van der Waals surface area contributed by atoms with E-state index in [1.165, 1.54) is 29.0 Å². The van der Waals surface area contributed by atoms with Crippen molar-refractivity contribution in [3.63, 3.8) is 0 Å². The van der Waals surface area contributed by atoms with E-state index in [4.69, 9.17) is 0 Å². The molecule has 1 aliphatic rings. The number of hydrogen-bond acceptors (Lipinski definition) is 4. The summed E-state index contributed by atoms with van der Waals surface area (Å²) in [6.07, 6.45) is 2.61. The molecule has 0 unspecified atom stereocenters. The van der Waals surface area contributed by atoms with Crippen molar-refractivity contribution in [2.45, 2.75) is 56.3 Å². The standard InChI is InChI=1S/C16H22N4S/c1-10-7-11(2)18-15(8-10)21-16-14(9-17-13-5-6-13)12(3)19-20(16)4/h7-8,13,17H,5-6,9H2,1-4H3. The predicted octanol–water partition coefficient (Wildman–Crippen LogP) is 3.14. The molecule has 21 heavy (non-hydrogen) atoms. The molecule has 1 saturated carbocycles. The van der Waals surface area contributed by atoms with Gasteiger partial charge in [-0.15, -0.1) is 0 Å². The highest BCUT2D eigenvalue weighted by molar-refractivity contribution is 7.99. The first-order valence-corrected chi connectivity index (χ1v) is 8.23. The molecular formula is C16H22N4S. The predicted molar refractivity (Wildman–Crippen MR) is 85.6 cm³/mol. The Bertz CT molecular complexity index is 638. The van der Waals surface area contributed by atoms with E-state index in [1.54, 1.807) is 11.8 Å². The van der Waals surface area contributed by atoms with Gasteiger partial charge in [0.25, 0.3) is 0 Å². The molecule has 0 atom stereocenters. The van der Waals surface area contributed by atoms with Crippen molar-refractivity contribution in [3.8, 4) is 0 Å². The van der Waals surface area contributed by atoms with Crippen molar-refractivity contribution >= 4 is 11.8 Å². The highest BCUT2D eigenvalue weighted by Crippen LogP contribution is 2.32. The van der Waals surface area contributed by atoms with Gasteiger partial charge >= 0.3 is 0 Å². The van der Waals surface area contributed by atoms with Gasteiger partial charge < -0.3 is 5.32 Å². The van der Waals surface area contributed by atoms with Crippen molar-refractivity contribution < 1.29 is 0 Å². The lowest BCUT2D eigenvalue weighted by molar-refractivity contribution is 0.658. The van der Waals surface area contributed by atoms with E-state index in [2.05, 4.69) is 41.4 Å². The maximum atomic E-state index is 4.63. The Kier molecular flexibility index (Phi) is 4.04. The Morgan fingerprint density at radius 2 is 2.05 bits per heavy atom. The second-order valence-corrected chi connectivity index (χ2v) is 6.88. The molecule has 4 nitrogen and oxygen atoms in total. The molecule has 2 heterocycles. The van der Waals surface area contributed by atoms with Gasteiger partial charge in [0.05, 0.1) is 5.69 Å². The second-order valence-electron chi connectivity index (χ2n) is 5.87. The third-order valence-electron chi connectivity index (χ3n) is 3.71. The number of aromatic nitrogens is 3. The molecule has 2 aromatic rings. The summed E-state index contributed by atoms with van der Waals surface area (Å²) in [7, 11) is 2.01. The van der Waals surface area contributed by atoms with E-state index in [-0.39, 0.29) is 0 Å². The summed E-state index contributed by atoms with van der Waals surface area (Å²) in [4.78, 5) is 4.63. The Labute approximate surface area is 130 Å². The van der Waals surface area contributed by atoms with E-state index < -0.39 is 0 Å². The van der Waals surface area contributed by atoms with Crippen LogP contribution in [0.15, 0.2) is 22.2 Å². The normalized spacial score (nSPS) is 14.7. The maximum absolute atomic E-state index is 4.63. The molecule has 1 fully saturated rings. The molecule has 1 aliphatic carbocycles. The molecule has 0 aromatic carbocycles. The Morgan fingerprint density at radius 1 is 1.29 bits per heavy atom. The van der Waals surface area contributed by atoms with Crippen LogP contribution in [0.5, 0.6) is 0 Å². The van der Waals surface area contributed by atoms with Crippen molar-refractivity contribution in [1.82, 2.24) is 20.1 Å². The minimum Gasteiger partial charge on any atom is -0.310 e. The number of hydrogen-bond donors (Lipinski definition) is 1. The number of pyridine rings is 1. The van der Waals surface area contributed by atoms with Crippen molar-refractivity contribution in [1.29, 1.82) is 0 Å². The van der Waals surface area contributed by atoms with Gasteiger partial charge in [0, 0.05) is 30.9 Å². The molecule has 0 amide bonds. The van der Waals surface area contributed by atoms with Crippen LogP contribution in [0.1, 0.15) is 35.4 Å². The number of rotatable bonds is 5. The lowest BCUT2D eigenvalue weighted by Crippen LogP contribution is -2.16. The minimum absolute atomic E-state index is 0.710. The van der Waals surface area contributed by atoms with Crippen molar-refractivity contribution in [3.05, 3.63) is 34.6 Å². The molecule has 0 bridgehead atoms. The lowest BCUT2D eigenvalue weighted by Gasteiger charge is -2.08. The van der Waals surface area contributed by atoms with Gasteiger partial charge in [-0.25, -0.2) is 4.98 Å². The fourth-order valence-corrected chi connectivity index (χ4v) is 3.65. The third kappa shape index (κ3) is 3.47. The van der Waals surface area contributed by atoms with Crippen molar-refractivity contribution in [2.75, 3.05) is 0 Å². The number of nitrogens with zero attached hydrogens (tertiary/aromatic N) is 3. The fourth-order valence-electron chi connectivity index (χ4n) is 2.50. The minimum atomic E-state index is 0.710. The van der Waals surface area contributed by atoms with E-state index in [9.17, 15) is 0 Å². The summed E-state index contributed by atoms with van der Waals surface area (Å²) in [5.41, 5.74) is 4.73. The van der Waals surface area contributed by atoms with E-state index in [0.29, 0.717) is 6.04 Å². The summed E-state index contributed by atoms with van der Waals surface area (Å²) in [5.74, 6) is 0. The Balaban J connectivity index is 1.85. The lowest BCUT2D eigenvalue weighted by atomic mass is 10.2. The van der Waals surface area contributed by atoms with Gasteiger partial charge in [0.1, 0.15) is 10.1 Å². The van der Waals surface area contributed by atoms with Crippen LogP contribution in [-0.2, 0) is 13.6 Å². The zero-order chi connectivity index (χ0) is 15.0. The van der Waals surface area contributed by atoms with Gasteiger partial charge in [-0.2, -0.15) is 5.10 Å². The molecule has 2 aromatic heterocycles. The van der Waals surface area contributed by atoms with Crippen LogP contribution >= 0.6 is 11.8 Å². The van der Waals surface area contributed by atoms with Crippen LogP contribution in [-0.4, -0.2) is 20.8 Å². The van der Waals surface area contributed by atoms with Gasteiger partial charge in [-0.05, 0) is 51.3 Å². The first-order valence-electron chi connectivity index (χ1n) is 7.42. The Hall–Kier alpha value is -1.33. The van der Waals surface area contributed by atoms with Gasteiger partial charge in [-0.3, -0.25) is 4.68 Å². The molecule has 0 spiro atoms. The molecule has 0 aliphatic heterocycles. The molecule has 1 N–H and O–H groups in total. The van der Waals surface area contributed by atoms with Crippen molar-refractivity contribution in [2.24, 2.45) is 7.05 Å². The first kappa shape index (κ1) is 14.6. The summed E-state index contributed by atoms with van der Waals surface area (Å²) >= 11 is 1.71. The average molecular weight is 302 g/mol. The summed E-state index contributed by atoms with van der Waals surface area (Å²) in [5, 5.41) is 10.4. The van der Waals surface area contributed by atoms with Gasteiger partial charge in [0.15, 0.2) is 0 Å². The third-order valence-corrected chi connectivity index (χ3v) is 4.83. The molecule has 0 saturated heterocycles. The monoisotopic (exact) mass is 302 g/mol. The van der Waals surface area contributed by atoms with Crippen LogP contribution < -0.4 is 5.32 Å². The van der Waals surface area contributed by atoms with E-state index in [0.717, 1.165) is 23.0 Å². The molecule has 0 radical (unpaired) electrons. The molecular weight excluding hydrogens is 280 g/mol. The molecule has 112 valence electrons. The summed E-state index contributed by atoms with van der Waals surface area (Å²) in [6, 6.07) is 4.95. The summed E-state index contributed by atoms with van der Waals surface area (Å²) in [6.45, 7) is 7.14. The number of aryl methyl sites for hydroxylation is 4. The largest absolute Gasteiger partial charge is 0.310 e. The van der Waals surface area contributed by atoms with Crippen LogP contribution in [0.2, 0.25) is 0 Å². The Morgan fingerprint density at radius 3 is 2.71 bits per heavy atom. The van der Waals surface area contributed by atoms with Gasteiger partial charge in [-0.1, -0.05) is 11.8 Å². The molecule has 3 rings (SSSR count). The smallest absolute Gasteiger partial charge is 0.105 e. The average Bonchev–Trinajstić information content (AvgIpc) is 3.16. The zero-order valence-electron chi connectivity index (χ0n) is 13.1. The highest BCUT2D eigenvalue weighted by Gasteiger charge is 2.22. The van der Waals surface area contributed by atoms with Crippen LogP contribution in [0, 0.1) is 20.8 Å². The highest BCUT2D eigenvalue weighted by atomic mass is 32.2. The van der Waals surface area contributed by atoms with E-state index in [1.807, 2.05) is 18.7 Å². The second kappa shape index (κ2) is 5.81. The fraction of sp³-hybridized carbons (Fsp3) is 0.500. The first-order chi connectivity index (χ1) is 10.0.